The van der Waals surface area contributed by atoms with Crippen molar-refractivity contribution in [2.24, 2.45) is 5.73 Å². The first kappa shape index (κ1) is 11.4. The fourth-order valence-corrected chi connectivity index (χ4v) is 1.94. The Morgan fingerprint density at radius 1 is 1.62 bits per heavy atom. The SMILES string of the molecule is CC(N)c1ccnc(N2CCOCC2C)c1. The highest BCUT2D eigenvalue weighted by molar-refractivity contribution is 5.43. The molecule has 0 saturated carbocycles. The Morgan fingerprint density at radius 2 is 2.44 bits per heavy atom. The third-order valence-electron chi connectivity index (χ3n) is 2.96. The minimum absolute atomic E-state index is 0.0538. The highest BCUT2D eigenvalue weighted by Crippen LogP contribution is 2.20. The van der Waals surface area contributed by atoms with Gasteiger partial charge >= 0.3 is 0 Å². The summed E-state index contributed by atoms with van der Waals surface area (Å²) in [5, 5.41) is 0. The number of ether oxygens (including phenoxy) is 1. The van der Waals surface area contributed by atoms with E-state index in [4.69, 9.17) is 10.5 Å². The normalized spacial score (nSPS) is 23.2. The quantitative estimate of drug-likeness (QED) is 0.818. The predicted octanol–water partition coefficient (Wildman–Crippen LogP) is 1.33. The maximum atomic E-state index is 5.88. The van der Waals surface area contributed by atoms with E-state index in [-0.39, 0.29) is 6.04 Å². The maximum Gasteiger partial charge on any atom is 0.129 e. The molecule has 4 heteroatoms. The molecule has 0 bridgehead atoms. The van der Waals surface area contributed by atoms with E-state index in [9.17, 15) is 0 Å². The van der Waals surface area contributed by atoms with E-state index in [1.807, 2.05) is 19.2 Å². The summed E-state index contributed by atoms with van der Waals surface area (Å²) >= 11 is 0. The van der Waals surface area contributed by atoms with Crippen LogP contribution in [0.2, 0.25) is 0 Å². The summed E-state index contributed by atoms with van der Waals surface area (Å²) in [6, 6.07) is 4.48. The van der Waals surface area contributed by atoms with Crippen molar-refractivity contribution in [1.82, 2.24) is 4.98 Å². The lowest BCUT2D eigenvalue weighted by molar-refractivity contribution is 0.0985. The highest BCUT2D eigenvalue weighted by atomic mass is 16.5. The Balaban J connectivity index is 2.21. The lowest BCUT2D eigenvalue weighted by Gasteiger charge is -2.34. The van der Waals surface area contributed by atoms with Crippen molar-refractivity contribution < 1.29 is 4.74 Å². The van der Waals surface area contributed by atoms with Crippen LogP contribution in [0.1, 0.15) is 25.5 Å². The summed E-state index contributed by atoms with van der Waals surface area (Å²) in [5.74, 6) is 1.01. The average Bonchev–Trinajstić information content (AvgIpc) is 2.30. The first-order valence-electron chi connectivity index (χ1n) is 5.74. The van der Waals surface area contributed by atoms with Crippen LogP contribution in [0.25, 0.3) is 0 Å². The van der Waals surface area contributed by atoms with E-state index in [1.165, 1.54) is 0 Å². The molecule has 1 aliphatic heterocycles. The second-order valence-corrected chi connectivity index (χ2v) is 4.35. The first-order chi connectivity index (χ1) is 7.68. The van der Waals surface area contributed by atoms with Gasteiger partial charge in [0, 0.05) is 18.8 Å². The molecule has 2 atom stereocenters. The molecular weight excluding hydrogens is 202 g/mol. The van der Waals surface area contributed by atoms with E-state index < -0.39 is 0 Å². The topological polar surface area (TPSA) is 51.4 Å². The zero-order chi connectivity index (χ0) is 11.5. The molecule has 1 fully saturated rings. The summed E-state index contributed by atoms with van der Waals surface area (Å²) < 4.78 is 5.42. The Hall–Kier alpha value is -1.13. The van der Waals surface area contributed by atoms with E-state index >= 15 is 0 Å². The number of nitrogens with zero attached hydrogens (tertiary/aromatic N) is 2. The summed E-state index contributed by atoms with van der Waals surface area (Å²) in [7, 11) is 0. The van der Waals surface area contributed by atoms with Crippen LogP contribution in [0, 0.1) is 0 Å². The van der Waals surface area contributed by atoms with Crippen molar-refractivity contribution in [1.29, 1.82) is 0 Å². The van der Waals surface area contributed by atoms with E-state index in [0.717, 1.165) is 31.1 Å². The largest absolute Gasteiger partial charge is 0.377 e. The Morgan fingerprint density at radius 3 is 3.12 bits per heavy atom. The molecule has 1 saturated heterocycles. The fourth-order valence-electron chi connectivity index (χ4n) is 1.94. The van der Waals surface area contributed by atoms with Crippen molar-refractivity contribution in [3.05, 3.63) is 23.9 Å². The summed E-state index contributed by atoms with van der Waals surface area (Å²) in [6.45, 7) is 6.58. The number of rotatable bonds is 2. The summed E-state index contributed by atoms with van der Waals surface area (Å²) in [6.07, 6.45) is 1.83. The van der Waals surface area contributed by atoms with Gasteiger partial charge in [-0.1, -0.05) is 0 Å². The van der Waals surface area contributed by atoms with Crippen LogP contribution >= 0.6 is 0 Å². The van der Waals surface area contributed by atoms with Crippen LogP contribution in [-0.4, -0.2) is 30.8 Å². The second kappa shape index (κ2) is 4.80. The van der Waals surface area contributed by atoms with E-state index in [0.29, 0.717) is 6.04 Å². The van der Waals surface area contributed by atoms with E-state index in [2.05, 4.69) is 22.9 Å². The van der Waals surface area contributed by atoms with Crippen LogP contribution in [-0.2, 0) is 4.74 Å². The molecule has 16 heavy (non-hydrogen) atoms. The number of hydrogen-bond acceptors (Lipinski definition) is 4. The number of anilines is 1. The molecule has 4 nitrogen and oxygen atoms in total. The zero-order valence-electron chi connectivity index (χ0n) is 9.89. The zero-order valence-corrected chi connectivity index (χ0v) is 9.89. The number of nitrogens with two attached hydrogens (primary N) is 1. The van der Waals surface area contributed by atoms with Crippen LogP contribution < -0.4 is 10.6 Å². The maximum absolute atomic E-state index is 5.88. The van der Waals surface area contributed by atoms with Crippen LogP contribution in [0.3, 0.4) is 0 Å². The molecule has 2 heterocycles. The minimum atomic E-state index is 0.0538. The van der Waals surface area contributed by atoms with Gasteiger partial charge in [0.2, 0.25) is 0 Å². The lowest BCUT2D eigenvalue weighted by Crippen LogP contribution is -2.44. The van der Waals surface area contributed by atoms with Crippen LogP contribution in [0.4, 0.5) is 5.82 Å². The molecule has 2 N–H and O–H groups in total. The third kappa shape index (κ3) is 2.33. The van der Waals surface area contributed by atoms with Gasteiger partial charge in [0.15, 0.2) is 0 Å². The minimum Gasteiger partial charge on any atom is -0.377 e. The molecule has 1 aromatic heterocycles. The van der Waals surface area contributed by atoms with Gasteiger partial charge in [0.1, 0.15) is 5.82 Å². The Labute approximate surface area is 96.4 Å². The third-order valence-corrected chi connectivity index (χ3v) is 2.96. The smallest absolute Gasteiger partial charge is 0.129 e. The van der Waals surface area contributed by atoms with E-state index in [1.54, 1.807) is 0 Å². The molecule has 1 aromatic rings. The lowest BCUT2D eigenvalue weighted by atomic mass is 10.1. The molecule has 88 valence electrons. The second-order valence-electron chi connectivity index (χ2n) is 4.35. The standard InChI is InChI=1S/C12H19N3O/c1-9-8-16-6-5-15(9)12-7-11(10(2)13)3-4-14-12/h3-4,7,9-10H,5-6,8,13H2,1-2H3. The number of pyridine rings is 1. The summed E-state index contributed by atoms with van der Waals surface area (Å²) in [5.41, 5.74) is 7.00. The van der Waals surface area contributed by atoms with Crippen molar-refractivity contribution in [2.75, 3.05) is 24.7 Å². The molecule has 0 amide bonds. The number of aromatic nitrogens is 1. The van der Waals surface area contributed by atoms with Crippen molar-refractivity contribution in [3.63, 3.8) is 0 Å². The van der Waals surface area contributed by atoms with Gasteiger partial charge in [-0.25, -0.2) is 4.98 Å². The fraction of sp³-hybridized carbons (Fsp3) is 0.583. The van der Waals surface area contributed by atoms with Gasteiger partial charge < -0.3 is 15.4 Å². The Kier molecular flexibility index (Phi) is 3.41. The monoisotopic (exact) mass is 221 g/mol. The van der Waals surface area contributed by atoms with Crippen LogP contribution in [0.5, 0.6) is 0 Å². The number of morpholine rings is 1. The highest BCUT2D eigenvalue weighted by Gasteiger charge is 2.20. The summed E-state index contributed by atoms with van der Waals surface area (Å²) in [4.78, 5) is 6.68. The molecule has 0 radical (unpaired) electrons. The molecule has 0 spiro atoms. The molecule has 2 rings (SSSR count). The van der Waals surface area contributed by atoms with Crippen molar-refractivity contribution >= 4 is 5.82 Å². The molecule has 1 aliphatic rings. The predicted molar refractivity (Wildman–Crippen MR) is 64.5 cm³/mol. The van der Waals surface area contributed by atoms with Gasteiger partial charge in [-0.05, 0) is 31.5 Å². The molecule has 0 aliphatic carbocycles. The van der Waals surface area contributed by atoms with Crippen molar-refractivity contribution in [3.8, 4) is 0 Å². The number of hydrogen-bond donors (Lipinski definition) is 1. The first-order valence-corrected chi connectivity index (χ1v) is 5.74. The van der Waals surface area contributed by atoms with Crippen molar-refractivity contribution in [2.45, 2.75) is 25.9 Å². The van der Waals surface area contributed by atoms with Gasteiger partial charge in [-0.15, -0.1) is 0 Å². The average molecular weight is 221 g/mol. The molecular formula is C12H19N3O. The van der Waals surface area contributed by atoms with Gasteiger partial charge in [0.05, 0.1) is 19.3 Å². The molecule has 0 aromatic carbocycles. The van der Waals surface area contributed by atoms with Crippen LogP contribution in [0.15, 0.2) is 18.3 Å². The van der Waals surface area contributed by atoms with Gasteiger partial charge in [-0.3, -0.25) is 0 Å². The molecule has 2 unspecified atom stereocenters. The van der Waals surface area contributed by atoms with Gasteiger partial charge in [0.25, 0.3) is 0 Å². The Bertz CT molecular complexity index is 354. The van der Waals surface area contributed by atoms with Gasteiger partial charge in [-0.2, -0.15) is 0 Å².